The van der Waals surface area contributed by atoms with Crippen molar-refractivity contribution in [2.75, 3.05) is 20.3 Å². The van der Waals surface area contributed by atoms with Crippen molar-refractivity contribution in [1.29, 1.82) is 0 Å². The maximum atomic E-state index is 11.0. The Bertz CT molecular complexity index is 171. The third kappa shape index (κ3) is 4.69. The van der Waals surface area contributed by atoms with Crippen LogP contribution in [0.3, 0.4) is 0 Å². The lowest BCUT2D eigenvalue weighted by Gasteiger charge is -2.10. The molecule has 1 unspecified atom stereocenters. The summed E-state index contributed by atoms with van der Waals surface area (Å²) in [5.74, 6) is 0. The molecule has 1 saturated carbocycles. The number of carbonyl (C=O) groups excluding carboxylic acids is 1. The second-order valence-corrected chi connectivity index (χ2v) is 3.24. The lowest BCUT2D eigenvalue weighted by Crippen LogP contribution is -2.41. The van der Waals surface area contributed by atoms with Gasteiger partial charge in [-0.15, -0.1) is 0 Å². The Balaban J connectivity index is 1.99. The minimum absolute atomic E-state index is 0.211. The van der Waals surface area contributed by atoms with E-state index < -0.39 is 6.10 Å². The average molecular weight is 188 g/mol. The summed E-state index contributed by atoms with van der Waals surface area (Å²) in [5, 5.41) is 14.5. The van der Waals surface area contributed by atoms with Crippen LogP contribution in [0.1, 0.15) is 12.8 Å². The Morgan fingerprint density at radius 1 is 1.69 bits per heavy atom. The van der Waals surface area contributed by atoms with Crippen molar-refractivity contribution in [1.82, 2.24) is 10.6 Å². The summed E-state index contributed by atoms with van der Waals surface area (Å²) >= 11 is 0. The zero-order chi connectivity index (χ0) is 9.68. The number of hydrogen-bond donors (Lipinski definition) is 3. The van der Waals surface area contributed by atoms with Gasteiger partial charge < -0.3 is 20.5 Å². The van der Waals surface area contributed by atoms with E-state index >= 15 is 0 Å². The molecule has 1 aliphatic rings. The van der Waals surface area contributed by atoms with Crippen LogP contribution in [0.4, 0.5) is 4.79 Å². The van der Waals surface area contributed by atoms with Gasteiger partial charge in [-0.3, -0.25) is 0 Å². The van der Waals surface area contributed by atoms with E-state index in [0.717, 1.165) is 12.8 Å². The zero-order valence-electron chi connectivity index (χ0n) is 7.75. The molecule has 13 heavy (non-hydrogen) atoms. The predicted molar refractivity (Wildman–Crippen MR) is 47.4 cm³/mol. The maximum absolute atomic E-state index is 11.0. The maximum Gasteiger partial charge on any atom is 0.315 e. The van der Waals surface area contributed by atoms with Crippen LogP contribution in [-0.4, -0.2) is 43.5 Å². The van der Waals surface area contributed by atoms with Crippen LogP contribution in [-0.2, 0) is 4.74 Å². The van der Waals surface area contributed by atoms with Gasteiger partial charge in [-0.25, -0.2) is 4.79 Å². The second kappa shape index (κ2) is 5.04. The molecule has 0 spiro atoms. The molecule has 1 atom stereocenters. The van der Waals surface area contributed by atoms with E-state index in [1.54, 1.807) is 0 Å². The number of nitrogens with one attached hydrogen (secondary N) is 2. The largest absolute Gasteiger partial charge is 0.389 e. The summed E-state index contributed by atoms with van der Waals surface area (Å²) in [6, 6.07) is 0.136. The fraction of sp³-hybridized carbons (Fsp3) is 0.875. The Labute approximate surface area is 77.5 Å². The number of aliphatic hydroxyl groups is 1. The molecule has 1 aliphatic carbocycles. The summed E-state index contributed by atoms with van der Waals surface area (Å²) in [6.45, 7) is 0.468. The molecule has 0 bridgehead atoms. The van der Waals surface area contributed by atoms with Gasteiger partial charge in [0.2, 0.25) is 0 Å². The number of amides is 2. The Morgan fingerprint density at radius 3 is 2.92 bits per heavy atom. The van der Waals surface area contributed by atoms with E-state index in [2.05, 4.69) is 10.6 Å². The third-order valence-corrected chi connectivity index (χ3v) is 1.77. The van der Waals surface area contributed by atoms with Crippen LogP contribution in [0.5, 0.6) is 0 Å². The van der Waals surface area contributed by atoms with Gasteiger partial charge in [-0.05, 0) is 12.8 Å². The summed E-state index contributed by atoms with van der Waals surface area (Å²) < 4.78 is 4.71. The SMILES string of the molecule is COCC(O)CNC(=O)NC1CC1. The van der Waals surface area contributed by atoms with Crippen LogP contribution < -0.4 is 10.6 Å². The Kier molecular flexibility index (Phi) is 3.98. The van der Waals surface area contributed by atoms with Crippen molar-refractivity contribution in [2.45, 2.75) is 25.0 Å². The van der Waals surface area contributed by atoms with Crippen LogP contribution >= 0.6 is 0 Å². The van der Waals surface area contributed by atoms with Gasteiger partial charge >= 0.3 is 6.03 Å². The van der Waals surface area contributed by atoms with E-state index in [1.807, 2.05) is 0 Å². The van der Waals surface area contributed by atoms with Crippen molar-refractivity contribution in [3.8, 4) is 0 Å². The van der Waals surface area contributed by atoms with Crippen molar-refractivity contribution in [2.24, 2.45) is 0 Å². The highest BCUT2D eigenvalue weighted by Crippen LogP contribution is 2.18. The van der Waals surface area contributed by atoms with Gasteiger partial charge in [-0.2, -0.15) is 0 Å². The molecule has 0 aromatic carbocycles. The number of ether oxygens (including phenoxy) is 1. The summed E-state index contributed by atoms with van der Waals surface area (Å²) in [5.41, 5.74) is 0. The quantitative estimate of drug-likeness (QED) is 0.542. The fourth-order valence-electron chi connectivity index (χ4n) is 0.926. The number of rotatable bonds is 5. The molecule has 0 heterocycles. The average Bonchev–Trinajstić information content (AvgIpc) is 2.85. The number of urea groups is 1. The lowest BCUT2D eigenvalue weighted by molar-refractivity contribution is 0.0660. The molecule has 1 fully saturated rings. The monoisotopic (exact) mass is 188 g/mol. The van der Waals surface area contributed by atoms with E-state index in [4.69, 9.17) is 4.74 Å². The standard InChI is InChI=1S/C8H16N2O3/c1-13-5-7(11)4-9-8(12)10-6-2-3-6/h6-7,11H,2-5H2,1H3,(H2,9,10,12). The fourth-order valence-corrected chi connectivity index (χ4v) is 0.926. The molecule has 0 radical (unpaired) electrons. The van der Waals surface area contributed by atoms with Gasteiger partial charge in [-0.1, -0.05) is 0 Å². The molecule has 0 saturated heterocycles. The van der Waals surface area contributed by atoms with Crippen LogP contribution in [0.2, 0.25) is 0 Å². The van der Waals surface area contributed by atoms with Crippen LogP contribution in [0.15, 0.2) is 0 Å². The molecular weight excluding hydrogens is 172 g/mol. The lowest BCUT2D eigenvalue weighted by atomic mass is 10.4. The molecule has 1 rings (SSSR count). The van der Waals surface area contributed by atoms with Gasteiger partial charge in [0.25, 0.3) is 0 Å². The van der Waals surface area contributed by atoms with Gasteiger partial charge in [0, 0.05) is 19.7 Å². The summed E-state index contributed by atoms with van der Waals surface area (Å²) in [4.78, 5) is 11.0. The van der Waals surface area contributed by atoms with Crippen molar-refractivity contribution >= 4 is 6.03 Å². The first kappa shape index (κ1) is 10.3. The zero-order valence-corrected chi connectivity index (χ0v) is 7.75. The molecule has 5 heteroatoms. The van der Waals surface area contributed by atoms with Crippen LogP contribution in [0.25, 0.3) is 0 Å². The highest BCUT2D eigenvalue weighted by molar-refractivity contribution is 5.74. The van der Waals surface area contributed by atoms with E-state index in [9.17, 15) is 9.90 Å². The number of hydrogen-bond acceptors (Lipinski definition) is 3. The molecule has 0 aliphatic heterocycles. The molecule has 3 N–H and O–H groups in total. The first-order valence-electron chi connectivity index (χ1n) is 4.43. The summed E-state index contributed by atoms with van der Waals surface area (Å²) in [7, 11) is 1.51. The van der Waals surface area contributed by atoms with Crippen molar-refractivity contribution < 1.29 is 14.6 Å². The van der Waals surface area contributed by atoms with Gasteiger partial charge in [0.05, 0.1) is 12.7 Å². The second-order valence-electron chi connectivity index (χ2n) is 3.24. The number of methoxy groups -OCH3 is 1. The topological polar surface area (TPSA) is 70.6 Å². The van der Waals surface area contributed by atoms with Crippen molar-refractivity contribution in [3.05, 3.63) is 0 Å². The van der Waals surface area contributed by atoms with E-state index in [1.165, 1.54) is 7.11 Å². The molecule has 2 amide bonds. The third-order valence-electron chi connectivity index (χ3n) is 1.77. The van der Waals surface area contributed by atoms with E-state index in [0.29, 0.717) is 6.04 Å². The molecular formula is C8H16N2O3. The molecule has 0 aromatic rings. The molecule has 0 aromatic heterocycles. The highest BCUT2D eigenvalue weighted by atomic mass is 16.5. The van der Waals surface area contributed by atoms with Crippen molar-refractivity contribution in [3.63, 3.8) is 0 Å². The molecule has 5 nitrogen and oxygen atoms in total. The highest BCUT2D eigenvalue weighted by Gasteiger charge is 2.23. The van der Waals surface area contributed by atoms with Gasteiger partial charge in [0.1, 0.15) is 0 Å². The Hall–Kier alpha value is -0.810. The normalized spacial score (nSPS) is 18.0. The number of aliphatic hydroxyl groups excluding tert-OH is 1. The van der Waals surface area contributed by atoms with E-state index in [-0.39, 0.29) is 19.2 Å². The minimum Gasteiger partial charge on any atom is -0.389 e. The predicted octanol–water partition coefficient (Wildman–Crippen LogP) is -0.545. The first-order valence-corrected chi connectivity index (χ1v) is 4.43. The first-order chi connectivity index (χ1) is 6.22. The Morgan fingerprint density at radius 2 is 2.38 bits per heavy atom. The molecule has 76 valence electrons. The number of carbonyl (C=O) groups is 1. The van der Waals surface area contributed by atoms with Crippen LogP contribution in [0, 0.1) is 0 Å². The summed E-state index contributed by atoms with van der Waals surface area (Å²) in [6.07, 6.45) is 1.50. The smallest absolute Gasteiger partial charge is 0.315 e. The van der Waals surface area contributed by atoms with Gasteiger partial charge in [0.15, 0.2) is 0 Å². The minimum atomic E-state index is -0.630.